The van der Waals surface area contributed by atoms with Crippen LogP contribution in [0.4, 0.5) is 26.3 Å². The summed E-state index contributed by atoms with van der Waals surface area (Å²) in [6, 6.07) is 22.6. The molecule has 0 radical (unpaired) electrons. The van der Waals surface area contributed by atoms with E-state index in [2.05, 4.69) is 4.18 Å². The van der Waals surface area contributed by atoms with E-state index in [-0.39, 0.29) is 16.2 Å². The van der Waals surface area contributed by atoms with Gasteiger partial charge in [0.1, 0.15) is 0 Å². The maximum absolute atomic E-state index is 14.7. The Labute approximate surface area is 198 Å². The molecule has 0 heterocycles. The molecule has 0 aliphatic carbocycles. The zero-order chi connectivity index (χ0) is 25.9. The van der Waals surface area contributed by atoms with Crippen LogP contribution in [0.25, 0.3) is 0 Å². The molecule has 3 rings (SSSR count). The summed E-state index contributed by atoms with van der Waals surface area (Å²) in [6.45, 7) is 0. The van der Waals surface area contributed by atoms with Gasteiger partial charge in [-0.05, 0) is 5.56 Å². The van der Waals surface area contributed by atoms with Crippen molar-refractivity contribution in [2.75, 3.05) is 5.75 Å². The van der Waals surface area contributed by atoms with Gasteiger partial charge < -0.3 is 4.57 Å². The monoisotopic (exact) mass is 536 g/mol. The van der Waals surface area contributed by atoms with E-state index < -0.39 is 47.1 Å². The summed E-state index contributed by atoms with van der Waals surface area (Å²) in [5, 5.41) is 0.358. The molecular formula is C23H19F6O4PS. The van der Waals surface area contributed by atoms with E-state index >= 15 is 0 Å². The first-order chi connectivity index (χ1) is 16.2. The number of hydrogen-bond acceptors (Lipinski definition) is 4. The van der Waals surface area contributed by atoms with E-state index in [0.717, 1.165) is 0 Å². The van der Waals surface area contributed by atoms with Gasteiger partial charge in [0.2, 0.25) is 0 Å². The lowest BCUT2D eigenvalue weighted by Gasteiger charge is -2.30. The van der Waals surface area contributed by atoms with Crippen LogP contribution in [0.5, 0.6) is 0 Å². The quantitative estimate of drug-likeness (QED) is 0.214. The Morgan fingerprint density at radius 2 is 1.06 bits per heavy atom. The number of benzene rings is 3. The molecule has 4 nitrogen and oxygen atoms in total. The number of hydrogen-bond donors (Lipinski definition) is 0. The van der Waals surface area contributed by atoms with Crippen molar-refractivity contribution in [1.82, 2.24) is 0 Å². The van der Waals surface area contributed by atoms with E-state index in [1.54, 1.807) is 42.5 Å². The van der Waals surface area contributed by atoms with E-state index in [1.807, 2.05) is 0 Å². The van der Waals surface area contributed by atoms with Gasteiger partial charge in [-0.3, -0.25) is 0 Å². The van der Waals surface area contributed by atoms with E-state index in [9.17, 15) is 39.3 Å². The Morgan fingerprint density at radius 3 is 1.43 bits per heavy atom. The van der Waals surface area contributed by atoms with Crippen molar-refractivity contribution in [3.05, 3.63) is 96.6 Å². The highest BCUT2D eigenvalue weighted by molar-refractivity contribution is 7.88. The van der Waals surface area contributed by atoms with Gasteiger partial charge in [-0.25, -0.2) is 4.18 Å². The van der Waals surface area contributed by atoms with Crippen molar-refractivity contribution >= 4 is 27.9 Å². The zero-order valence-electron chi connectivity index (χ0n) is 17.8. The van der Waals surface area contributed by atoms with Crippen molar-refractivity contribution in [3.63, 3.8) is 0 Å². The second-order valence-electron chi connectivity index (χ2n) is 7.54. The first-order valence-corrected chi connectivity index (χ1v) is 13.4. The molecule has 0 bridgehead atoms. The molecule has 0 spiro atoms. The van der Waals surface area contributed by atoms with Crippen LogP contribution < -0.4 is 10.6 Å². The highest BCUT2D eigenvalue weighted by Gasteiger charge is 2.60. The maximum atomic E-state index is 14.7. The molecule has 0 fully saturated rings. The third-order valence-corrected chi connectivity index (χ3v) is 10.1. The molecule has 3 aromatic rings. The molecule has 0 amide bonds. The molecule has 3 aromatic carbocycles. The first kappa shape index (κ1) is 27.0. The summed E-state index contributed by atoms with van der Waals surface area (Å²) < 4.78 is 122. The standard InChI is InChI=1S/C23H19F6O4PS/c24-22(25,26)21(23(27,28)29)33-35(31,32)16-20(17-10-4-1-5-11-17)34(30,18-12-6-2-7-13-18)19-14-8-3-9-15-19/h1-15,20-21H,16H2/t20-/m0/s1. The fraction of sp³-hybridized carbons (Fsp3) is 0.217. The lowest BCUT2D eigenvalue weighted by molar-refractivity contribution is -0.299. The van der Waals surface area contributed by atoms with Gasteiger partial charge in [0.15, 0.2) is 7.14 Å². The zero-order valence-corrected chi connectivity index (χ0v) is 19.5. The summed E-state index contributed by atoms with van der Waals surface area (Å²) in [5.74, 6) is -1.39. The largest absolute Gasteiger partial charge is 0.425 e. The highest BCUT2D eigenvalue weighted by atomic mass is 32.2. The van der Waals surface area contributed by atoms with Crippen molar-refractivity contribution in [2.24, 2.45) is 0 Å². The second kappa shape index (κ2) is 10.2. The molecule has 0 aliphatic rings. The Hall–Kier alpha value is -2.62. The van der Waals surface area contributed by atoms with Crippen LogP contribution in [0.3, 0.4) is 0 Å². The molecule has 0 aromatic heterocycles. The Kier molecular flexibility index (Phi) is 7.83. The van der Waals surface area contributed by atoms with Crippen molar-refractivity contribution < 1.29 is 43.5 Å². The highest BCUT2D eigenvalue weighted by Crippen LogP contribution is 2.58. The average molecular weight is 536 g/mol. The first-order valence-electron chi connectivity index (χ1n) is 10.1. The minimum absolute atomic E-state index is 0.145. The van der Waals surface area contributed by atoms with Crippen LogP contribution >= 0.6 is 7.14 Å². The van der Waals surface area contributed by atoms with Gasteiger partial charge in [0.05, 0.1) is 11.4 Å². The number of rotatable bonds is 8. The fourth-order valence-electron chi connectivity index (χ4n) is 3.57. The van der Waals surface area contributed by atoms with Crippen LogP contribution in [0.15, 0.2) is 91.0 Å². The molecule has 0 N–H and O–H groups in total. The third kappa shape index (κ3) is 6.34. The van der Waals surface area contributed by atoms with Gasteiger partial charge in [-0.15, -0.1) is 0 Å². The van der Waals surface area contributed by atoms with Crippen LogP contribution in [0.2, 0.25) is 0 Å². The van der Waals surface area contributed by atoms with Gasteiger partial charge in [-0.1, -0.05) is 91.0 Å². The fourth-order valence-corrected chi connectivity index (χ4v) is 8.96. The molecule has 35 heavy (non-hydrogen) atoms. The summed E-state index contributed by atoms with van der Waals surface area (Å²) in [6.07, 6.45) is -16.6. The normalized spacial score (nSPS) is 14.1. The summed E-state index contributed by atoms with van der Waals surface area (Å²) in [7, 11) is -9.50. The molecular weight excluding hydrogens is 517 g/mol. The smallest absolute Gasteiger partial charge is 0.313 e. The number of alkyl halides is 6. The lowest BCUT2D eigenvalue weighted by Crippen LogP contribution is -2.46. The molecule has 12 heteroatoms. The molecule has 1 atom stereocenters. The molecule has 0 saturated heterocycles. The van der Waals surface area contributed by atoms with Crippen LogP contribution in [0, 0.1) is 0 Å². The van der Waals surface area contributed by atoms with Crippen molar-refractivity contribution in [2.45, 2.75) is 24.1 Å². The summed E-state index contributed by atoms with van der Waals surface area (Å²) >= 11 is 0. The number of halogens is 6. The average Bonchev–Trinajstić information content (AvgIpc) is 2.81. The van der Waals surface area contributed by atoms with E-state index in [4.69, 9.17) is 0 Å². The van der Waals surface area contributed by atoms with Gasteiger partial charge >= 0.3 is 12.4 Å². The summed E-state index contributed by atoms with van der Waals surface area (Å²) in [5.41, 5.74) is -1.40. The van der Waals surface area contributed by atoms with Gasteiger partial charge in [-0.2, -0.15) is 34.8 Å². The van der Waals surface area contributed by atoms with Gasteiger partial charge in [0.25, 0.3) is 16.2 Å². The van der Waals surface area contributed by atoms with Crippen LogP contribution in [-0.4, -0.2) is 32.6 Å². The minimum atomic E-state index is -6.03. The SMILES string of the molecule is O=P(c1ccccc1)(c1ccccc1)[C@@H](CS(=O)(=O)OC(C(F)(F)F)C(F)(F)F)c1ccccc1. The van der Waals surface area contributed by atoms with Gasteiger partial charge in [0, 0.05) is 10.6 Å². The van der Waals surface area contributed by atoms with Crippen LogP contribution in [-0.2, 0) is 18.9 Å². The third-order valence-electron chi connectivity index (χ3n) is 5.10. The maximum Gasteiger partial charge on any atom is 0.425 e. The Balaban J connectivity index is 2.18. The second-order valence-corrected chi connectivity index (χ2v) is 12.2. The van der Waals surface area contributed by atoms with E-state index in [1.165, 1.54) is 48.5 Å². The van der Waals surface area contributed by atoms with Crippen LogP contribution in [0.1, 0.15) is 11.2 Å². The molecule has 0 saturated carbocycles. The Morgan fingerprint density at radius 1 is 0.686 bits per heavy atom. The Bertz CT molecular complexity index is 1210. The molecule has 0 unspecified atom stereocenters. The predicted octanol–water partition coefficient (Wildman–Crippen LogP) is 5.58. The van der Waals surface area contributed by atoms with Crippen molar-refractivity contribution in [1.29, 1.82) is 0 Å². The minimum Gasteiger partial charge on any atom is -0.313 e. The lowest BCUT2D eigenvalue weighted by atomic mass is 10.2. The predicted molar refractivity (Wildman–Crippen MR) is 120 cm³/mol. The van der Waals surface area contributed by atoms with E-state index in [0.29, 0.717) is 0 Å². The topological polar surface area (TPSA) is 60.4 Å². The molecule has 188 valence electrons. The van der Waals surface area contributed by atoms with Crippen molar-refractivity contribution in [3.8, 4) is 0 Å². The summed E-state index contributed by atoms with van der Waals surface area (Å²) in [4.78, 5) is 0. The molecule has 0 aliphatic heterocycles.